The number of nitrogens with one attached hydrogen (secondary N) is 2. The maximum absolute atomic E-state index is 12.9. The SMILES string of the molecule is Cn1ncc(NC(=O)Nc2ccccc2C(F)(F)F)c1C(N)=O. The summed E-state index contributed by atoms with van der Waals surface area (Å²) in [7, 11) is 1.43. The molecule has 4 N–H and O–H groups in total. The van der Waals surface area contributed by atoms with E-state index in [0.717, 1.165) is 23.0 Å². The van der Waals surface area contributed by atoms with Gasteiger partial charge in [-0.25, -0.2) is 4.79 Å². The van der Waals surface area contributed by atoms with Crippen LogP contribution in [0, 0.1) is 0 Å². The summed E-state index contributed by atoms with van der Waals surface area (Å²) in [5.41, 5.74) is 3.65. The molecule has 3 amide bonds. The van der Waals surface area contributed by atoms with Crippen LogP contribution in [-0.4, -0.2) is 21.7 Å². The zero-order valence-corrected chi connectivity index (χ0v) is 11.8. The zero-order valence-electron chi connectivity index (χ0n) is 11.8. The number of anilines is 2. The number of urea groups is 1. The molecule has 1 aromatic carbocycles. The number of benzene rings is 1. The van der Waals surface area contributed by atoms with E-state index in [1.54, 1.807) is 0 Å². The molecule has 0 radical (unpaired) electrons. The minimum Gasteiger partial charge on any atom is -0.364 e. The van der Waals surface area contributed by atoms with E-state index in [9.17, 15) is 22.8 Å². The van der Waals surface area contributed by atoms with Crippen LogP contribution in [0.25, 0.3) is 0 Å². The summed E-state index contributed by atoms with van der Waals surface area (Å²) in [6, 6.07) is 3.55. The number of aryl methyl sites for hydroxylation is 1. The van der Waals surface area contributed by atoms with Crippen LogP contribution in [0.15, 0.2) is 30.5 Å². The molecule has 0 unspecified atom stereocenters. The van der Waals surface area contributed by atoms with Crippen molar-refractivity contribution in [3.8, 4) is 0 Å². The van der Waals surface area contributed by atoms with E-state index in [-0.39, 0.29) is 11.4 Å². The van der Waals surface area contributed by atoms with Gasteiger partial charge in [0.25, 0.3) is 5.91 Å². The summed E-state index contributed by atoms with van der Waals surface area (Å²) in [6.45, 7) is 0. The molecule has 0 fully saturated rings. The molecule has 122 valence electrons. The van der Waals surface area contributed by atoms with Crippen LogP contribution in [0.4, 0.5) is 29.3 Å². The highest BCUT2D eigenvalue weighted by atomic mass is 19.4. The van der Waals surface area contributed by atoms with Gasteiger partial charge in [-0.3, -0.25) is 9.48 Å². The number of amides is 3. The van der Waals surface area contributed by atoms with Gasteiger partial charge < -0.3 is 16.4 Å². The molecular weight excluding hydrogens is 315 g/mol. The molecule has 0 atom stereocenters. The van der Waals surface area contributed by atoms with Crippen molar-refractivity contribution in [2.24, 2.45) is 12.8 Å². The Morgan fingerprint density at radius 3 is 2.39 bits per heavy atom. The summed E-state index contributed by atoms with van der Waals surface area (Å²) in [5.74, 6) is -0.837. The van der Waals surface area contributed by atoms with Gasteiger partial charge in [-0.15, -0.1) is 0 Å². The molecule has 10 heteroatoms. The first-order chi connectivity index (χ1) is 10.7. The first-order valence-corrected chi connectivity index (χ1v) is 6.26. The van der Waals surface area contributed by atoms with E-state index in [0.29, 0.717) is 0 Å². The Kier molecular flexibility index (Phi) is 4.25. The minimum absolute atomic E-state index is 0.0120. The molecule has 1 aromatic heterocycles. The molecule has 2 rings (SSSR count). The fourth-order valence-electron chi connectivity index (χ4n) is 1.94. The van der Waals surface area contributed by atoms with Gasteiger partial charge in [0.05, 0.1) is 23.1 Å². The fourth-order valence-corrected chi connectivity index (χ4v) is 1.94. The topological polar surface area (TPSA) is 102 Å². The van der Waals surface area contributed by atoms with Crippen LogP contribution in [0.3, 0.4) is 0 Å². The van der Waals surface area contributed by atoms with Crippen LogP contribution in [-0.2, 0) is 13.2 Å². The zero-order chi connectivity index (χ0) is 17.2. The lowest BCUT2D eigenvalue weighted by atomic mass is 10.1. The Bertz CT molecular complexity index is 754. The first-order valence-electron chi connectivity index (χ1n) is 6.26. The van der Waals surface area contributed by atoms with Gasteiger partial charge in [0.1, 0.15) is 5.69 Å². The molecule has 23 heavy (non-hydrogen) atoms. The van der Waals surface area contributed by atoms with Crippen molar-refractivity contribution < 1.29 is 22.8 Å². The number of para-hydroxylation sites is 1. The molecule has 0 saturated heterocycles. The average molecular weight is 327 g/mol. The highest BCUT2D eigenvalue weighted by Crippen LogP contribution is 2.34. The van der Waals surface area contributed by atoms with E-state index in [1.165, 1.54) is 19.2 Å². The second-order valence-electron chi connectivity index (χ2n) is 4.52. The Balaban J connectivity index is 2.20. The van der Waals surface area contributed by atoms with Crippen molar-refractivity contribution in [3.05, 3.63) is 41.7 Å². The Labute approximate surface area is 128 Å². The summed E-state index contributed by atoms with van der Waals surface area (Å²) < 4.78 is 39.7. The van der Waals surface area contributed by atoms with Crippen molar-refractivity contribution >= 4 is 23.3 Å². The number of rotatable bonds is 3. The minimum atomic E-state index is -4.61. The van der Waals surface area contributed by atoms with Crippen LogP contribution >= 0.6 is 0 Å². The van der Waals surface area contributed by atoms with E-state index < -0.39 is 29.4 Å². The lowest BCUT2D eigenvalue weighted by Gasteiger charge is -2.13. The number of hydrogen-bond acceptors (Lipinski definition) is 3. The van der Waals surface area contributed by atoms with Gasteiger partial charge >= 0.3 is 12.2 Å². The Hall–Kier alpha value is -3.04. The standard InChI is InChI=1S/C13H12F3N5O2/c1-21-10(11(17)22)9(6-18-21)20-12(23)19-8-5-3-2-4-7(8)13(14,15)16/h2-6H,1H3,(H2,17,22)(H2,19,20,23). The molecule has 2 aromatic rings. The second kappa shape index (κ2) is 5.99. The lowest BCUT2D eigenvalue weighted by molar-refractivity contribution is -0.136. The van der Waals surface area contributed by atoms with E-state index >= 15 is 0 Å². The summed E-state index contributed by atoms with van der Waals surface area (Å²) in [5, 5.41) is 8.07. The molecule has 0 bridgehead atoms. The van der Waals surface area contributed by atoms with E-state index in [2.05, 4.69) is 15.7 Å². The smallest absolute Gasteiger partial charge is 0.364 e. The number of aromatic nitrogens is 2. The molecule has 0 aliphatic heterocycles. The van der Waals surface area contributed by atoms with Crippen molar-refractivity contribution in [1.29, 1.82) is 0 Å². The predicted molar refractivity (Wildman–Crippen MR) is 75.8 cm³/mol. The summed E-state index contributed by atoms with van der Waals surface area (Å²) >= 11 is 0. The number of primary amides is 1. The van der Waals surface area contributed by atoms with E-state index in [4.69, 9.17) is 5.73 Å². The van der Waals surface area contributed by atoms with Crippen LogP contribution in [0.1, 0.15) is 16.1 Å². The number of halogens is 3. The van der Waals surface area contributed by atoms with Crippen molar-refractivity contribution in [1.82, 2.24) is 9.78 Å². The number of alkyl halides is 3. The first kappa shape index (κ1) is 16.3. The highest BCUT2D eigenvalue weighted by Gasteiger charge is 2.33. The molecule has 0 aliphatic carbocycles. The van der Waals surface area contributed by atoms with Gasteiger partial charge in [-0.2, -0.15) is 18.3 Å². The fraction of sp³-hybridized carbons (Fsp3) is 0.154. The number of hydrogen-bond donors (Lipinski definition) is 3. The largest absolute Gasteiger partial charge is 0.418 e. The molecule has 0 saturated carbocycles. The normalized spacial score (nSPS) is 11.1. The Morgan fingerprint density at radius 2 is 1.78 bits per heavy atom. The van der Waals surface area contributed by atoms with Gasteiger partial charge in [0, 0.05) is 7.05 Å². The van der Waals surface area contributed by atoms with Crippen LogP contribution < -0.4 is 16.4 Å². The third-order valence-corrected chi connectivity index (χ3v) is 2.90. The number of carbonyl (C=O) groups is 2. The highest BCUT2D eigenvalue weighted by molar-refractivity contribution is 6.05. The lowest BCUT2D eigenvalue weighted by Crippen LogP contribution is -2.24. The molecule has 0 aliphatic rings. The molecule has 0 spiro atoms. The van der Waals surface area contributed by atoms with Gasteiger partial charge in [-0.05, 0) is 12.1 Å². The van der Waals surface area contributed by atoms with Gasteiger partial charge in [0.2, 0.25) is 0 Å². The Morgan fingerprint density at radius 1 is 1.17 bits per heavy atom. The maximum Gasteiger partial charge on any atom is 0.418 e. The summed E-state index contributed by atoms with van der Waals surface area (Å²) in [6.07, 6.45) is -3.45. The van der Waals surface area contributed by atoms with Crippen molar-refractivity contribution in [2.45, 2.75) is 6.18 Å². The molecule has 1 heterocycles. The van der Waals surface area contributed by atoms with Gasteiger partial charge in [0.15, 0.2) is 0 Å². The molecular formula is C13H12F3N5O2. The third-order valence-electron chi connectivity index (χ3n) is 2.90. The monoisotopic (exact) mass is 327 g/mol. The van der Waals surface area contributed by atoms with Crippen molar-refractivity contribution in [3.63, 3.8) is 0 Å². The third kappa shape index (κ3) is 3.59. The second-order valence-corrected chi connectivity index (χ2v) is 4.52. The van der Waals surface area contributed by atoms with Gasteiger partial charge in [-0.1, -0.05) is 12.1 Å². The number of nitrogens with two attached hydrogens (primary N) is 1. The van der Waals surface area contributed by atoms with Crippen LogP contribution in [0.2, 0.25) is 0 Å². The molecule has 7 nitrogen and oxygen atoms in total. The number of carbonyl (C=O) groups excluding carboxylic acids is 2. The van der Waals surface area contributed by atoms with Crippen molar-refractivity contribution in [2.75, 3.05) is 10.6 Å². The predicted octanol–water partition coefficient (Wildman–Crippen LogP) is 2.18. The maximum atomic E-state index is 12.9. The summed E-state index contributed by atoms with van der Waals surface area (Å²) in [4.78, 5) is 23.1. The van der Waals surface area contributed by atoms with E-state index in [1.807, 2.05) is 0 Å². The van der Waals surface area contributed by atoms with Crippen LogP contribution in [0.5, 0.6) is 0 Å². The quantitative estimate of drug-likeness (QED) is 0.805. The average Bonchev–Trinajstić information content (AvgIpc) is 2.79. The number of nitrogens with zero attached hydrogens (tertiary/aromatic N) is 2.